The predicted molar refractivity (Wildman–Crippen MR) is 64.0 cm³/mol. The second kappa shape index (κ2) is 5.62. The first-order valence-electron chi connectivity index (χ1n) is 6.00. The Kier molecular flexibility index (Phi) is 4.72. The molecular formula is C12H23N3O. The molecule has 0 aromatic carbocycles. The SMILES string of the molecule is CC(C)C(C)(O)CN1CCN(CC#N)CC1. The molecular weight excluding hydrogens is 202 g/mol. The van der Waals surface area contributed by atoms with Gasteiger partial charge in [0.2, 0.25) is 0 Å². The smallest absolute Gasteiger partial charge is 0.0866 e. The molecule has 92 valence electrons. The van der Waals surface area contributed by atoms with Crippen molar-refractivity contribution in [1.29, 1.82) is 5.26 Å². The number of piperazine rings is 1. The van der Waals surface area contributed by atoms with E-state index in [9.17, 15) is 5.11 Å². The van der Waals surface area contributed by atoms with Gasteiger partial charge in [-0.1, -0.05) is 13.8 Å². The van der Waals surface area contributed by atoms with E-state index in [1.165, 1.54) is 0 Å². The number of hydrogen-bond donors (Lipinski definition) is 1. The van der Waals surface area contributed by atoms with E-state index in [-0.39, 0.29) is 5.92 Å². The summed E-state index contributed by atoms with van der Waals surface area (Å²) in [6.07, 6.45) is 0. The molecule has 1 unspecified atom stereocenters. The minimum absolute atomic E-state index is 0.268. The third kappa shape index (κ3) is 3.75. The zero-order valence-corrected chi connectivity index (χ0v) is 10.6. The second-order valence-electron chi connectivity index (χ2n) is 5.22. The molecule has 1 rings (SSSR count). The van der Waals surface area contributed by atoms with Gasteiger partial charge in [0.05, 0.1) is 18.2 Å². The number of nitriles is 1. The summed E-state index contributed by atoms with van der Waals surface area (Å²) in [4.78, 5) is 4.44. The van der Waals surface area contributed by atoms with Gasteiger partial charge in [-0.25, -0.2) is 0 Å². The van der Waals surface area contributed by atoms with Crippen molar-refractivity contribution < 1.29 is 5.11 Å². The van der Waals surface area contributed by atoms with Gasteiger partial charge in [0, 0.05) is 32.7 Å². The Labute approximate surface area is 98.5 Å². The number of aliphatic hydroxyl groups is 1. The summed E-state index contributed by atoms with van der Waals surface area (Å²) in [5.74, 6) is 0.268. The minimum atomic E-state index is -0.614. The molecule has 0 bridgehead atoms. The summed E-state index contributed by atoms with van der Waals surface area (Å²) < 4.78 is 0. The Morgan fingerprint density at radius 2 is 1.75 bits per heavy atom. The molecule has 0 aliphatic carbocycles. The van der Waals surface area contributed by atoms with Crippen LogP contribution in [0.3, 0.4) is 0 Å². The molecule has 0 aromatic rings. The van der Waals surface area contributed by atoms with Crippen LogP contribution in [-0.4, -0.2) is 59.8 Å². The van der Waals surface area contributed by atoms with E-state index in [0.717, 1.165) is 32.7 Å². The summed E-state index contributed by atoms with van der Waals surface area (Å²) in [6, 6.07) is 2.18. The van der Waals surface area contributed by atoms with Crippen LogP contribution in [-0.2, 0) is 0 Å². The van der Waals surface area contributed by atoms with Gasteiger partial charge in [0.1, 0.15) is 0 Å². The molecule has 1 fully saturated rings. The molecule has 0 spiro atoms. The molecule has 1 N–H and O–H groups in total. The van der Waals surface area contributed by atoms with Crippen LogP contribution in [0, 0.1) is 17.2 Å². The zero-order chi connectivity index (χ0) is 12.2. The van der Waals surface area contributed by atoms with Crippen LogP contribution in [0.4, 0.5) is 0 Å². The maximum absolute atomic E-state index is 10.2. The lowest BCUT2D eigenvalue weighted by Gasteiger charge is -2.39. The highest BCUT2D eigenvalue weighted by molar-refractivity contribution is 4.85. The fourth-order valence-corrected chi connectivity index (χ4v) is 1.84. The lowest BCUT2D eigenvalue weighted by Crippen LogP contribution is -2.52. The van der Waals surface area contributed by atoms with Crippen molar-refractivity contribution in [3.63, 3.8) is 0 Å². The largest absolute Gasteiger partial charge is 0.389 e. The third-order valence-corrected chi connectivity index (χ3v) is 3.55. The molecule has 4 nitrogen and oxygen atoms in total. The average Bonchev–Trinajstić information content (AvgIpc) is 2.21. The van der Waals surface area contributed by atoms with Crippen LogP contribution >= 0.6 is 0 Å². The fourth-order valence-electron chi connectivity index (χ4n) is 1.84. The molecule has 1 atom stereocenters. The van der Waals surface area contributed by atoms with E-state index in [1.54, 1.807) is 0 Å². The lowest BCUT2D eigenvalue weighted by atomic mass is 9.92. The third-order valence-electron chi connectivity index (χ3n) is 3.55. The van der Waals surface area contributed by atoms with Crippen molar-refractivity contribution in [2.24, 2.45) is 5.92 Å². The maximum atomic E-state index is 10.2. The quantitative estimate of drug-likeness (QED) is 0.709. The Morgan fingerprint density at radius 3 is 2.19 bits per heavy atom. The molecule has 0 saturated carbocycles. The van der Waals surface area contributed by atoms with Crippen LogP contribution in [0.2, 0.25) is 0 Å². The van der Waals surface area contributed by atoms with Crippen LogP contribution in [0.5, 0.6) is 0 Å². The number of nitrogens with zero attached hydrogens (tertiary/aromatic N) is 3. The summed E-state index contributed by atoms with van der Waals surface area (Å²) >= 11 is 0. The van der Waals surface area contributed by atoms with Crippen molar-refractivity contribution in [1.82, 2.24) is 9.80 Å². The van der Waals surface area contributed by atoms with Gasteiger partial charge in [-0.05, 0) is 12.8 Å². The van der Waals surface area contributed by atoms with E-state index in [1.807, 2.05) is 20.8 Å². The Hall–Kier alpha value is -0.630. The zero-order valence-electron chi connectivity index (χ0n) is 10.6. The van der Waals surface area contributed by atoms with Gasteiger partial charge in [-0.3, -0.25) is 9.80 Å². The first-order chi connectivity index (χ1) is 7.45. The van der Waals surface area contributed by atoms with Crippen molar-refractivity contribution in [2.75, 3.05) is 39.3 Å². The molecule has 16 heavy (non-hydrogen) atoms. The highest BCUT2D eigenvalue weighted by Crippen LogP contribution is 2.18. The number of β-amino-alcohol motifs (C(OH)–C–C–N with tert-alkyl or cyclic N) is 1. The van der Waals surface area contributed by atoms with E-state index >= 15 is 0 Å². The van der Waals surface area contributed by atoms with Crippen molar-refractivity contribution in [3.05, 3.63) is 0 Å². The van der Waals surface area contributed by atoms with Crippen molar-refractivity contribution in [2.45, 2.75) is 26.4 Å². The summed E-state index contributed by atoms with van der Waals surface area (Å²) in [7, 11) is 0. The standard InChI is InChI=1S/C12H23N3O/c1-11(2)12(3,16)10-15-8-6-14(5-4-13)7-9-15/h11,16H,5-10H2,1-3H3. The lowest BCUT2D eigenvalue weighted by molar-refractivity contribution is -0.0281. The van der Waals surface area contributed by atoms with Crippen LogP contribution in [0.15, 0.2) is 0 Å². The molecule has 0 radical (unpaired) electrons. The molecule has 4 heteroatoms. The monoisotopic (exact) mass is 225 g/mol. The Balaban J connectivity index is 2.35. The minimum Gasteiger partial charge on any atom is -0.389 e. The van der Waals surface area contributed by atoms with Gasteiger partial charge in [0.25, 0.3) is 0 Å². The van der Waals surface area contributed by atoms with Crippen molar-refractivity contribution in [3.8, 4) is 6.07 Å². The first-order valence-corrected chi connectivity index (χ1v) is 6.00. The molecule has 1 aliphatic heterocycles. The second-order valence-corrected chi connectivity index (χ2v) is 5.22. The normalized spacial score (nSPS) is 23.0. The molecule has 1 aliphatic rings. The average molecular weight is 225 g/mol. The van der Waals surface area contributed by atoms with Gasteiger partial charge in [0.15, 0.2) is 0 Å². The number of hydrogen-bond acceptors (Lipinski definition) is 4. The van der Waals surface area contributed by atoms with E-state index < -0.39 is 5.60 Å². The Morgan fingerprint density at radius 1 is 1.25 bits per heavy atom. The van der Waals surface area contributed by atoms with E-state index in [4.69, 9.17) is 5.26 Å². The van der Waals surface area contributed by atoms with Crippen molar-refractivity contribution >= 4 is 0 Å². The van der Waals surface area contributed by atoms with E-state index in [2.05, 4.69) is 15.9 Å². The van der Waals surface area contributed by atoms with Gasteiger partial charge >= 0.3 is 0 Å². The predicted octanol–water partition coefficient (Wildman–Crippen LogP) is 0.535. The topological polar surface area (TPSA) is 50.5 Å². The Bertz CT molecular complexity index is 249. The maximum Gasteiger partial charge on any atom is 0.0866 e. The highest BCUT2D eigenvalue weighted by Gasteiger charge is 2.29. The van der Waals surface area contributed by atoms with Gasteiger partial charge in [-0.2, -0.15) is 5.26 Å². The summed E-state index contributed by atoms with van der Waals surface area (Å²) in [5, 5.41) is 18.8. The number of rotatable bonds is 4. The van der Waals surface area contributed by atoms with Crippen LogP contribution in [0.25, 0.3) is 0 Å². The molecule has 1 saturated heterocycles. The van der Waals surface area contributed by atoms with Gasteiger partial charge < -0.3 is 5.11 Å². The first kappa shape index (κ1) is 13.4. The van der Waals surface area contributed by atoms with Crippen LogP contribution < -0.4 is 0 Å². The fraction of sp³-hybridized carbons (Fsp3) is 0.917. The highest BCUT2D eigenvalue weighted by atomic mass is 16.3. The molecule has 0 aromatic heterocycles. The summed E-state index contributed by atoms with van der Waals surface area (Å²) in [6.45, 7) is 11.0. The van der Waals surface area contributed by atoms with Crippen LogP contribution in [0.1, 0.15) is 20.8 Å². The molecule has 1 heterocycles. The summed E-state index contributed by atoms with van der Waals surface area (Å²) in [5.41, 5.74) is -0.614. The molecule has 0 amide bonds. The van der Waals surface area contributed by atoms with E-state index in [0.29, 0.717) is 6.54 Å². The van der Waals surface area contributed by atoms with Gasteiger partial charge in [-0.15, -0.1) is 0 Å².